The Morgan fingerprint density at radius 3 is 2.59 bits per heavy atom. The van der Waals surface area contributed by atoms with Crippen molar-refractivity contribution in [1.82, 2.24) is 5.32 Å². The van der Waals surface area contributed by atoms with Crippen LogP contribution in [-0.2, 0) is 9.53 Å². The monoisotopic (exact) mass is 391 g/mol. The number of methoxy groups -OCH3 is 1. The third kappa shape index (κ3) is 2.88. The van der Waals surface area contributed by atoms with Crippen molar-refractivity contribution in [3.63, 3.8) is 0 Å². The normalized spacial score (nSPS) is 17.6. The lowest BCUT2D eigenvalue weighted by atomic mass is 9.79. The number of hydrogen-bond donors (Lipinski definition) is 2. The number of ether oxygens (including phenoxy) is 2. The van der Waals surface area contributed by atoms with Crippen LogP contribution in [0.1, 0.15) is 41.3 Å². The number of aromatic hydroxyl groups is 1. The molecule has 4 rings (SSSR count). The molecule has 2 N–H and O–H groups in total. The number of phenolic OH excluding ortho intramolecular Hbond substituents is 1. The van der Waals surface area contributed by atoms with Gasteiger partial charge in [-0.25, -0.2) is 4.79 Å². The van der Waals surface area contributed by atoms with E-state index in [0.717, 1.165) is 5.56 Å². The molecular formula is C23H21NO5. The highest BCUT2D eigenvalue weighted by Crippen LogP contribution is 2.47. The number of Topliss-reactive ketones (excluding diaryl/α,β-unsaturated/α-hetero) is 1. The summed E-state index contributed by atoms with van der Waals surface area (Å²) in [4.78, 5) is 26.0. The van der Waals surface area contributed by atoms with Crippen LogP contribution in [0.2, 0.25) is 0 Å². The van der Waals surface area contributed by atoms with Crippen LogP contribution in [0.3, 0.4) is 0 Å². The number of allylic oxidation sites excluding steroid dienone is 2. The van der Waals surface area contributed by atoms with Crippen LogP contribution < -0.4 is 10.1 Å². The van der Waals surface area contributed by atoms with E-state index in [0.29, 0.717) is 46.0 Å². The standard InChI is InChI=1S/C23H21NO5/c1-4-29-17-11-13(9-10-16(17)25)19-18(23(27)28-3)12(2)24-21-14-7-5-6-8-15(14)22(26)20(19)21/h5-11,19,24-25H,4H2,1-3H3/t19-/m1/s1. The van der Waals surface area contributed by atoms with Gasteiger partial charge in [-0.2, -0.15) is 0 Å². The number of rotatable bonds is 4. The molecule has 0 unspecified atom stereocenters. The number of carbonyl (C=O) groups is 2. The van der Waals surface area contributed by atoms with Crippen LogP contribution in [0, 0.1) is 0 Å². The molecule has 148 valence electrons. The summed E-state index contributed by atoms with van der Waals surface area (Å²) in [5, 5.41) is 13.3. The van der Waals surface area contributed by atoms with Crippen LogP contribution in [0.15, 0.2) is 59.3 Å². The SMILES string of the molecule is CCOc1cc([C@@H]2C(C(=O)OC)=C(C)NC3=C2C(=O)c2ccccc23)ccc1O. The van der Waals surface area contributed by atoms with Gasteiger partial charge in [0.2, 0.25) is 0 Å². The number of nitrogens with one attached hydrogen (secondary N) is 1. The first-order chi connectivity index (χ1) is 14.0. The van der Waals surface area contributed by atoms with Crippen molar-refractivity contribution >= 4 is 17.4 Å². The van der Waals surface area contributed by atoms with Gasteiger partial charge in [-0.3, -0.25) is 4.79 Å². The van der Waals surface area contributed by atoms with Crippen LogP contribution in [0.25, 0.3) is 5.70 Å². The summed E-state index contributed by atoms with van der Waals surface area (Å²) < 4.78 is 10.5. The molecule has 6 nitrogen and oxygen atoms in total. The Labute approximate surface area is 168 Å². The fraction of sp³-hybridized carbons (Fsp3) is 0.217. The second kappa shape index (κ2) is 7.13. The Hall–Kier alpha value is -3.54. The lowest BCUT2D eigenvalue weighted by Gasteiger charge is -2.29. The second-order valence-corrected chi connectivity index (χ2v) is 6.91. The van der Waals surface area contributed by atoms with Crippen LogP contribution in [0.5, 0.6) is 11.5 Å². The molecule has 1 aliphatic heterocycles. The zero-order chi connectivity index (χ0) is 20.7. The summed E-state index contributed by atoms with van der Waals surface area (Å²) in [7, 11) is 1.32. The Morgan fingerprint density at radius 1 is 1.17 bits per heavy atom. The zero-order valence-electron chi connectivity index (χ0n) is 16.4. The highest BCUT2D eigenvalue weighted by atomic mass is 16.5. The van der Waals surface area contributed by atoms with E-state index in [9.17, 15) is 14.7 Å². The number of phenols is 1. The molecular weight excluding hydrogens is 370 g/mol. The molecule has 0 amide bonds. The number of carbonyl (C=O) groups excluding carboxylic acids is 2. The molecule has 2 aromatic carbocycles. The van der Waals surface area contributed by atoms with Crippen molar-refractivity contribution in [2.75, 3.05) is 13.7 Å². The van der Waals surface area contributed by atoms with Gasteiger partial charge in [0, 0.05) is 28.3 Å². The van der Waals surface area contributed by atoms with E-state index in [1.54, 1.807) is 25.1 Å². The number of dihydropyridines is 1. The fourth-order valence-electron chi connectivity index (χ4n) is 4.02. The highest BCUT2D eigenvalue weighted by molar-refractivity contribution is 6.23. The molecule has 1 heterocycles. The molecule has 1 aliphatic carbocycles. The lowest BCUT2D eigenvalue weighted by molar-refractivity contribution is -0.136. The van der Waals surface area contributed by atoms with Crippen molar-refractivity contribution in [2.24, 2.45) is 0 Å². The summed E-state index contributed by atoms with van der Waals surface area (Å²) in [6.07, 6.45) is 0. The average molecular weight is 391 g/mol. The van der Waals surface area contributed by atoms with E-state index in [2.05, 4.69) is 5.32 Å². The van der Waals surface area contributed by atoms with Gasteiger partial charge < -0.3 is 19.9 Å². The third-order valence-corrected chi connectivity index (χ3v) is 5.27. The molecule has 0 aromatic heterocycles. The van der Waals surface area contributed by atoms with E-state index in [-0.39, 0.29) is 11.5 Å². The fourth-order valence-corrected chi connectivity index (χ4v) is 4.02. The van der Waals surface area contributed by atoms with E-state index in [1.807, 2.05) is 25.1 Å². The van der Waals surface area contributed by atoms with Crippen molar-refractivity contribution in [2.45, 2.75) is 19.8 Å². The summed E-state index contributed by atoms with van der Waals surface area (Å²) in [6, 6.07) is 12.2. The minimum atomic E-state index is -0.640. The molecule has 0 radical (unpaired) electrons. The van der Waals surface area contributed by atoms with Gasteiger partial charge in [0.1, 0.15) is 0 Å². The van der Waals surface area contributed by atoms with Gasteiger partial charge in [0.15, 0.2) is 17.3 Å². The predicted molar refractivity (Wildman–Crippen MR) is 108 cm³/mol. The Kier molecular flexibility index (Phi) is 4.62. The van der Waals surface area contributed by atoms with E-state index in [4.69, 9.17) is 9.47 Å². The number of ketones is 1. The second-order valence-electron chi connectivity index (χ2n) is 6.91. The summed E-state index contributed by atoms with van der Waals surface area (Å²) in [5.74, 6) is -0.983. The van der Waals surface area contributed by atoms with Crippen LogP contribution >= 0.6 is 0 Å². The molecule has 0 fully saturated rings. The molecule has 0 saturated carbocycles. The molecule has 6 heteroatoms. The van der Waals surface area contributed by atoms with Crippen molar-refractivity contribution in [1.29, 1.82) is 0 Å². The van der Waals surface area contributed by atoms with Gasteiger partial charge in [-0.15, -0.1) is 0 Å². The van der Waals surface area contributed by atoms with Gasteiger partial charge in [-0.05, 0) is 31.5 Å². The summed E-state index contributed by atoms with van der Waals surface area (Å²) in [5.41, 5.74) is 4.25. The number of fused-ring (bicyclic) bond motifs is 2. The van der Waals surface area contributed by atoms with Crippen molar-refractivity contribution in [3.05, 3.63) is 76.0 Å². The van der Waals surface area contributed by atoms with Gasteiger partial charge in [0.05, 0.1) is 25.0 Å². The molecule has 29 heavy (non-hydrogen) atoms. The van der Waals surface area contributed by atoms with Gasteiger partial charge >= 0.3 is 5.97 Å². The molecule has 0 saturated heterocycles. The smallest absolute Gasteiger partial charge is 0.336 e. The van der Waals surface area contributed by atoms with Crippen LogP contribution in [-0.4, -0.2) is 30.6 Å². The van der Waals surface area contributed by atoms with Crippen LogP contribution in [0.4, 0.5) is 0 Å². The number of benzene rings is 2. The number of esters is 1. The maximum atomic E-state index is 13.3. The van der Waals surface area contributed by atoms with E-state index >= 15 is 0 Å². The maximum Gasteiger partial charge on any atom is 0.336 e. The van der Waals surface area contributed by atoms with E-state index < -0.39 is 11.9 Å². The first-order valence-electron chi connectivity index (χ1n) is 9.38. The Morgan fingerprint density at radius 2 is 1.90 bits per heavy atom. The first-order valence-corrected chi connectivity index (χ1v) is 9.38. The van der Waals surface area contributed by atoms with Gasteiger partial charge in [0.25, 0.3) is 0 Å². The topological polar surface area (TPSA) is 84.9 Å². The molecule has 1 atom stereocenters. The van der Waals surface area contributed by atoms with Crippen molar-refractivity contribution < 1.29 is 24.2 Å². The third-order valence-electron chi connectivity index (χ3n) is 5.27. The minimum absolute atomic E-state index is 0.0000849. The largest absolute Gasteiger partial charge is 0.504 e. The minimum Gasteiger partial charge on any atom is -0.504 e. The van der Waals surface area contributed by atoms with Crippen molar-refractivity contribution in [3.8, 4) is 11.5 Å². The molecule has 0 bridgehead atoms. The summed E-state index contributed by atoms with van der Waals surface area (Å²) >= 11 is 0. The summed E-state index contributed by atoms with van der Waals surface area (Å²) in [6.45, 7) is 3.98. The van der Waals surface area contributed by atoms with E-state index in [1.165, 1.54) is 13.2 Å². The molecule has 2 aliphatic rings. The zero-order valence-corrected chi connectivity index (χ0v) is 16.4. The average Bonchev–Trinajstić information content (AvgIpc) is 3.00. The molecule has 2 aromatic rings. The van der Waals surface area contributed by atoms with Gasteiger partial charge in [-0.1, -0.05) is 30.3 Å². The maximum absolute atomic E-state index is 13.3. The first kappa shape index (κ1) is 18.8. The predicted octanol–water partition coefficient (Wildman–Crippen LogP) is 3.53. The Balaban J connectivity index is 1.94. The highest BCUT2D eigenvalue weighted by Gasteiger charge is 2.42. The lowest BCUT2D eigenvalue weighted by Crippen LogP contribution is -2.29. The molecule has 0 spiro atoms. The number of hydrogen-bond acceptors (Lipinski definition) is 6. The quantitative estimate of drug-likeness (QED) is 0.776. The Bertz CT molecular complexity index is 1100.